The van der Waals surface area contributed by atoms with Crippen molar-refractivity contribution < 1.29 is 18.9 Å². The molecule has 0 bridgehead atoms. The molecule has 6 heteroatoms. The Labute approximate surface area is 148 Å². The van der Waals surface area contributed by atoms with E-state index in [1.807, 2.05) is 68.0 Å². The summed E-state index contributed by atoms with van der Waals surface area (Å²) in [6, 6.07) is 14.1. The molecule has 0 radical (unpaired) electrons. The number of pyridine rings is 1. The van der Waals surface area contributed by atoms with E-state index in [9.17, 15) is 4.57 Å². The van der Waals surface area contributed by atoms with Gasteiger partial charge in [0.2, 0.25) is 0 Å². The van der Waals surface area contributed by atoms with Crippen LogP contribution in [0.15, 0.2) is 73.2 Å². The highest BCUT2D eigenvalue weighted by atomic mass is 31.2. The summed E-state index contributed by atoms with van der Waals surface area (Å²) in [4.78, 5) is 17.9. The fraction of sp³-hybridized carbons (Fsp3) is 0.211. The first-order valence-electron chi connectivity index (χ1n) is 8.12. The Morgan fingerprint density at radius 3 is 2.44 bits per heavy atom. The number of hydrogen-bond acceptors (Lipinski definition) is 2. The predicted molar refractivity (Wildman–Crippen MR) is 99.6 cm³/mol. The minimum Gasteiger partial charge on any atom is -0.387 e. The molecule has 0 fully saturated rings. The topological polar surface area (TPSA) is 73.4 Å². The van der Waals surface area contributed by atoms with Gasteiger partial charge in [0.05, 0.1) is 0 Å². The van der Waals surface area contributed by atoms with Crippen molar-refractivity contribution >= 4 is 13.2 Å². The summed E-state index contributed by atoms with van der Waals surface area (Å²) in [6.45, 7) is 3.04. The Morgan fingerprint density at radius 1 is 1.16 bits per heavy atom. The van der Waals surface area contributed by atoms with Crippen LogP contribution < -0.4 is 9.88 Å². The van der Waals surface area contributed by atoms with Crippen LogP contribution in [-0.2, 0) is 17.7 Å². The van der Waals surface area contributed by atoms with E-state index in [1.165, 1.54) is 5.56 Å². The van der Waals surface area contributed by atoms with Gasteiger partial charge in [0.1, 0.15) is 6.16 Å². The van der Waals surface area contributed by atoms with Crippen LogP contribution in [0.3, 0.4) is 0 Å². The van der Waals surface area contributed by atoms with Crippen LogP contribution in [-0.4, -0.2) is 15.9 Å². The second-order valence-electron chi connectivity index (χ2n) is 5.66. The van der Waals surface area contributed by atoms with Crippen LogP contribution in [0.1, 0.15) is 18.1 Å². The van der Waals surface area contributed by atoms with Gasteiger partial charge in [-0.05, 0) is 35.9 Å². The fourth-order valence-electron chi connectivity index (χ4n) is 2.33. The highest BCUT2D eigenvalue weighted by Crippen LogP contribution is 2.33. The van der Waals surface area contributed by atoms with Crippen molar-refractivity contribution in [3.8, 4) is 0 Å². The van der Waals surface area contributed by atoms with E-state index < -0.39 is 7.60 Å². The lowest BCUT2D eigenvalue weighted by molar-refractivity contribution is -0.692. The summed E-state index contributed by atoms with van der Waals surface area (Å²) in [6.07, 6.45) is 9.47. The van der Waals surface area contributed by atoms with Gasteiger partial charge < -0.3 is 15.1 Å². The van der Waals surface area contributed by atoms with Crippen LogP contribution in [0.2, 0.25) is 0 Å². The van der Waals surface area contributed by atoms with Crippen LogP contribution in [0.5, 0.6) is 0 Å². The lowest BCUT2D eigenvalue weighted by Gasteiger charge is -2.04. The summed E-state index contributed by atoms with van der Waals surface area (Å²) >= 11 is 0. The monoisotopic (exact) mass is 359 g/mol. The average Bonchev–Trinajstić information content (AvgIpc) is 2.61. The minimum atomic E-state index is -3.96. The molecule has 0 aliphatic heterocycles. The van der Waals surface area contributed by atoms with Gasteiger partial charge >= 0.3 is 7.60 Å². The Morgan fingerprint density at radius 2 is 1.84 bits per heavy atom. The van der Waals surface area contributed by atoms with Crippen molar-refractivity contribution in [3.05, 3.63) is 84.3 Å². The molecule has 25 heavy (non-hydrogen) atoms. The molecule has 0 aliphatic carbocycles. The summed E-state index contributed by atoms with van der Waals surface area (Å²) in [7, 11) is -3.96. The third-order valence-electron chi connectivity index (χ3n) is 3.71. The highest BCUT2D eigenvalue weighted by Gasteiger charge is 2.15. The number of hydrogen-bond donors (Lipinski definition) is 3. The van der Waals surface area contributed by atoms with Gasteiger partial charge in [-0.1, -0.05) is 36.4 Å². The predicted octanol–water partition coefficient (Wildman–Crippen LogP) is 2.86. The van der Waals surface area contributed by atoms with Gasteiger partial charge in [-0.3, -0.25) is 4.57 Å². The van der Waals surface area contributed by atoms with E-state index in [-0.39, 0.29) is 6.16 Å². The number of rotatable bonds is 8. The van der Waals surface area contributed by atoms with Crippen LogP contribution in [0.25, 0.3) is 5.57 Å². The van der Waals surface area contributed by atoms with E-state index in [2.05, 4.69) is 17.4 Å². The van der Waals surface area contributed by atoms with Gasteiger partial charge in [0.15, 0.2) is 18.9 Å². The van der Waals surface area contributed by atoms with Gasteiger partial charge in [0.25, 0.3) is 0 Å². The average molecular weight is 359 g/mol. The fourth-order valence-corrected chi connectivity index (χ4v) is 2.82. The molecule has 1 heterocycles. The highest BCUT2D eigenvalue weighted by molar-refractivity contribution is 7.51. The molecule has 0 atom stereocenters. The molecule has 0 amide bonds. The summed E-state index contributed by atoms with van der Waals surface area (Å²) in [5.41, 5.74) is 3.34. The minimum absolute atomic E-state index is 0.156. The molecule has 2 aromatic rings. The zero-order valence-corrected chi connectivity index (χ0v) is 15.1. The molecule has 0 saturated carbocycles. The Balaban J connectivity index is 1.91. The first-order chi connectivity index (χ1) is 12.0. The third kappa shape index (κ3) is 7.06. The smallest absolute Gasteiger partial charge is 0.331 e. The van der Waals surface area contributed by atoms with Gasteiger partial charge in [-0.2, -0.15) is 0 Å². The molecule has 132 valence electrons. The van der Waals surface area contributed by atoms with Crippen LogP contribution in [0, 0.1) is 0 Å². The van der Waals surface area contributed by atoms with E-state index >= 15 is 0 Å². The Hall–Kier alpha value is -2.20. The molecule has 5 nitrogen and oxygen atoms in total. The molecule has 0 unspecified atom stereocenters. The normalized spacial score (nSPS) is 12.5. The lowest BCUT2D eigenvalue weighted by atomic mass is 10.1. The van der Waals surface area contributed by atoms with E-state index in [4.69, 9.17) is 9.79 Å². The van der Waals surface area contributed by atoms with Crippen LogP contribution in [0.4, 0.5) is 0 Å². The zero-order chi connectivity index (χ0) is 18.1. The number of nitrogens with zero attached hydrogens (tertiary/aromatic N) is 1. The number of allylic oxidation sites excluding steroid dienone is 3. The Kier molecular flexibility index (Phi) is 7.14. The zero-order valence-electron chi connectivity index (χ0n) is 14.2. The SMILES string of the molecule is C/C=C(\C=C/NCc1ccccc1)c1cc[n+](CCP(=O)(O)O)cc1. The summed E-state index contributed by atoms with van der Waals surface area (Å²) in [5.74, 6) is 0. The number of aryl methyl sites for hydroxylation is 1. The van der Waals surface area contributed by atoms with Crippen molar-refractivity contribution in [2.45, 2.75) is 20.0 Å². The Bertz CT molecular complexity index is 765. The number of nitrogens with one attached hydrogen (secondary N) is 1. The molecule has 1 aromatic heterocycles. The number of benzene rings is 1. The van der Waals surface area contributed by atoms with Gasteiger partial charge in [-0.25, -0.2) is 4.57 Å². The standard InChI is InChI=1S/C19H23N2O3P/c1-2-18(8-11-20-16-17-6-4-3-5-7-17)19-9-12-21(13-10-19)14-15-25(22,23)24/h2-13,20H,14-16H2,1H3,(H-,22,23,24)/p+1/b11-8-,18-2+. The van der Waals surface area contributed by atoms with E-state index in [0.29, 0.717) is 6.54 Å². The van der Waals surface area contributed by atoms with E-state index in [1.54, 1.807) is 4.57 Å². The summed E-state index contributed by atoms with van der Waals surface area (Å²) < 4.78 is 12.7. The molecular weight excluding hydrogens is 335 g/mol. The lowest BCUT2D eigenvalue weighted by Crippen LogP contribution is -2.34. The third-order valence-corrected chi connectivity index (χ3v) is 4.50. The van der Waals surface area contributed by atoms with Crippen molar-refractivity contribution in [3.63, 3.8) is 0 Å². The quantitative estimate of drug-likeness (QED) is 0.385. The maximum absolute atomic E-state index is 10.9. The van der Waals surface area contributed by atoms with Crippen molar-refractivity contribution in [2.75, 3.05) is 6.16 Å². The maximum atomic E-state index is 10.9. The first-order valence-corrected chi connectivity index (χ1v) is 9.92. The van der Waals surface area contributed by atoms with Gasteiger partial charge in [-0.15, -0.1) is 0 Å². The second kappa shape index (κ2) is 9.33. The van der Waals surface area contributed by atoms with Crippen molar-refractivity contribution in [1.82, 2.24) is 5.32 Å². The molecule has 0 aliphatic rings. The molecule has 0 saturated heterocycles. The van der Waals surface area contributed by atoms with E-state index in [0.717, 1.165) is 17.7 Å². The molecule has 3 N–H and O–H groups in total. The molecular formula is C19H24N2O3P+. The first kappa shape index (κ1) is 19.1. The summed E-state index contributed by atoms with van der Waals surface area (Å²) in [5, 5.41) is 3.27. The molecule has 2 rings (SSSR count). The van der Waals surface area contributed by atoms with Crippen molar-refractivity contribution in [1.29, 1.82) is 0 Å². The largest absolute Gasteiger partial charge is 0.387 e. The molecule has 1 aromatic carbocycles. The van der Waals surface area contributed by atoms with Crippen LogP contribution >= 0.6 is 7.60 Å². The van der Waals surface area contributed by atoms with Crippen molar-refractivity contribution in [2.24, 2.45) is 0 Å². The van der Waals surface area contributed by atoms with Gasteiger partial charge in [0, 0.05) is 18.7 Å². The second-order valence-corrected chi connectivity index (χ2v) is 7.43. The maximum Gasteiger partial charge on any atom is 0.331 e. The molecule has 0 spiro atoms. The number of aromatic nitrogens is 1.